The van der Waals surface area contributed by atoms with Crippen molar-refractivity contribution in [1.29, 1.82) is 0 Å². The van der Waals surface area contributed by atoms with Crippen molar-refractivity contribution in [1.82, 2.24) is 20.1 Å². The molecule has 0 saturated carbocycles. The van der Waals surface area contributed by atoms with Gasteiger partial charge in [-0.2, -0.15) is 13.2 Å². The first kappa shape index (κ1) is 10.9. The molecule has 16 heavy (non-hydrogen) atoms. The molecule has 1 aromatic heterocycles. The summed E-state index contributed by atoms with van der Waals surface area (Å²) in [7, 11) is 0. The van der Waals surface area contributed by atoms with E-state index < -0.39 is 24.0 Å². The van der Waals surface area contributed by atoms with Gasteiger partial charge in [0.1, 0.15) is 11.9 Å². The Bertz CT molecular complexity index is 428. The predicted octanol–water partition coefficient (Wildman–Crippen LogP) is -0.147. The van der Waals surface area contributed by atoms with Crippen LogP contribution in [0.4, 0.5) is 13.2 Å². The second-order valence-electron chi connectivity index (χ2n) is 3.30. The number of hydrogen-bond acceptors (Lipinski definition) is 4. The molecule has 1 aromatic rings. The first-order valence-electron chi connectivity index (χ1n) is 4.35. The minimum Gasteiger partial charge on any atom is -0.480 e. The maximum atomic E-state index is 12.3. The number of carboxylic acid groups (broad SMARTS) is 1. The second-order valence-corrected chi connectivity index (χ2v) is 3.30. The molecule has 0 fully saturated rings. The monoisotopic (exact) mass is 236 g/mol. The van der Waals surface area contributed by atoms with Crippen LogP contribution >= 0.6 is 0 Å². The Hall–Kier alpha value is -1.64. The first-order chi connectivity index (χ1) is 7.38. The molecule has 1 atom stereocenters. The van der Waals surface area contributed by atoms with Crippen LogP contribution in [-0.4, -0.2) is 31.9 Å². The summed E-state index contributed by atoms with van der Waals surface area (Å²) >= 11 is 0. The highest BCUT2D eigenvalue weighted by molar-refractivity contribution is 5.73. The van der Waals surface area contributed by atoms with Crippen LogP contribution in [0.1, 0.15) is 11.6 Å². The maximum Gasteiger partial charge on any atom is 0.453 e. The lowest BCUT2D eigenvalue weighted by Crippen LogP contribution is -2.44. The van der Waals surface area contributed by atoms with E-state index in [1.165, 1.54) is 0 Å². The summed E-state index contributed by atoms with van der Waals surface area (Å²) in [5.41, 5.74) is 0. The molecule has 2 rings (SSSR count). The lowest BCUT2D eigenvalue weighted by Gasteiger charge is -2.19. The van der Waals surface area contributed by atoms with Gasteiger partial charge in [-0.15, -0.1) is 5.10 Å². The van der Waals surface area contributed by atoms with E-state index in [0.29, 0.717) is 0 Å². The number of hydrogen-bond donors (Lipinski definition) is 2. The molecule has 0 aromatic carbocycles. The van der Waals surface area contributed by atoms with Gasteiger partial charge in [-0.3, -0.25) is 10.1 Å². The van der Waals surface area contributed by atoms with Crippen molar-refractivity contribution >= 4 is 5.97 Å². The molecular formula is C7H7F3N4O2. The van der Waals surface area contributed by atoms with Crippen molar-refractivity contribution in [2.45, 2.75) is 25.3 Å². The third-order valence-corrected chi connectivity index (χ3v) is 2.16. The van der Waals surface area contributed by atoms with Crippen LogP contribution in [0.25, 0.3) is 0 Å². The van der Waals surface area contributed by atoms with Crippen LogP contribution in [0.5, 0.6) is 0 Å². The van der Waals surface area contributed by atoms with Gasteiger partial charge in [0.2, 0.25) is 0 Å². The molecule has 1 unspecified atom stereocenters. The van der Waals surface area contributed by atoms with E-state index in [1.54, 1.807) is 0 Å². The summed E-state index contributed by atoms with van der Waals surface area (Å²) in [4.78, 5) is 13.9. The predicted molar refractivity (Wildman–Crippen MR) is 43.3 cm³/mol. The first-order valence-corrected chi connectivity index (χ1v) is 4.35. The zero-order valence-corrected chi connectivity index (χ0v) is 7.82. The molecule has 1 aliphatic rings. The van der Waals surface area contributed by atoms with E-state index in [-0.39, 0.29) is 18.9 Å². The summed E-state index contributed by atoms with van der Waals surface area (Å²) in [6.07, 6.45) is -4.61. The normalized spacial score (nSPS) is 20.6. The highest BCUT2D eigenvalue weighted by Crippen LogP contribution is 2.26. The SMILES string of the molecule is O=C(O)C1Cn2nc(C(F)(F)F)nc2CN1. The fraction of sp³-hybridized carbons (Fsp3) is 0.571. The van der Waals surface area contributed by atoms with Crippen molar-refractivity contribution < 1.29 is 23.1 Å². The Morgan fingerprint density at radius 1 is 1.56 bits per heavy atom. The van der Waals surface area contributed by atoms with Gasteiger partial charge < -0.3 is 5.11 Å². The van der Waals surface area contributed by atoms with Crippen molar-refractivity contribution in [3.05, 3.63) is 11.6 Å². The molecule has 2 heterocycles. The number of carboxylic acids is 1. The number of alkyl halides is 3. The molecule has 1 aliphatic heterocycles. The van der Waals surface area contributed by atoms with Gasteiger partial charge in [0.15, 0.2) is 0 Å². The van der Waals surface area contributed by atoms with Crippen molar-refractivity contribution in [3.63, 3.8) is 0 Å². The summed E-state index contributed by atoms with van der Waals surface area (Å²) in [5.74, 6) is -2.28. The number of rotatable bonds is 1. The van der Waals surface area contributed by atoms with Crippen molar-refractivity contribution in [2.75, 3.05) is 0 Å². The molecule has 2 N–H and O–H groups in total. The molecule has 0 aliphatic carbocycles. The second kappa shape index (κ2) is 3.44. The Labute approximate surface area is 87.1 Å². The Kier molecular flexibility index (Phi) is 2.34. The topological polar surface area (TPSA) is 80.0 Å². The van der Waals surface area contributed by atoms with E-state index in [2.05, 4.69) is 15.4 Å². The number of nitrogens with one attached hydrogen (secondary N) is 1. The standard InChI is InChI=1S/C7H7F3N4O2/c8-7(9,10)6-12-4-1-11-3(5(15)16)2-14(4)13-6/h3,11H,1-2H2,(H,15,16). The molecule has 0 amide bonds. The van der Waals surface area contributed by atoms with E-state index in [9.17, 15) is 18.0 Å². The zero-order valence-electron chi connectivity index (χ0n) is 7.82. The Balaban J connectivity index is 2.27. The van der Waals surface area contributed by atoms with E-state index in [4.69, 9.17) is 5.11 Å². The summed E-state index contributed by atoms with van der Waals surface area (Å²) < 4.78 is 37.7. The average Bonchev–Trinajstić information content (AvgIpc) is 2.58. The third-order valence-electron chi connectivity index (χ3n) is 2.16. The molecule has 9 heteroatoms. The zero-order chi connectivity index (χ0) is 11.9. The molecule has 0 bridgehead atoms. The molecule has 0 radical (unpaired) electrons. The number of nitrogens with zero attached hydrogens (tertiary/aromatic N) is 3. The maximum absolute atomic E-state index is 12.3. The summed E-state index contributed by atoms with van der Waals surface area (Å²) in [6, 6.07) is -0.935. The van der Waals surface area contributed by atoms with Crippen molar-refractivity contribution in [2.24, 2.45) is 0 Å². The van der Waals surface area contributed by atoms with Gasteiger partial charge >= 0.3 is 12.1 Å². The van der Waals surface area contributed by atoms with Crippen LogP contribution in [0.2, 0.25) is 0 Å². The van der Waals surface area contributed by atoms with Crippen LogP contribution in [-0.2, 0) is 24.1 Å². The van der Waals surface area contributed by atoms with Gasteiger partial charge in [-0.05, 0) is 0 Å². The quantitative estimate of drug-likeness (QED) is 0.709. The van der Waals surface area contributed by atoms with E-state index in [1.807, 2.05) is 0 Å². The van der Waals surface area contributed by atoms with Gasteiger partial charge in [0, 0.05) is 0 Å². The van der Waals surface area contributed by atoms with Crippen LogP contribution in [0.3, 0.4) is 0 Å². The lowest BCUT2D eigenvalue weighted by atomic mass is 10.2. The summed E-state index contributed by atoms with van der Waals surface area (Å²) in [6.45, 7) is -0.201. The minimum atomic E-state index is -4.61. The molecule has 0 spiro atoms. The largest absolute Gasteiger partial charge is 0.480 e. The third kappa shape index (κ3) is 1.85. The smallest absolute Gasteiger partial charge is 0.453 e. The number of aromatic nitrogens is 3. The molecule has 88 valence electrons. The van der Waals surface area contributed by atoms with Gasteiger partial charge in [-0.1, -0.05) is 0 Å². The highest BCUT2D eigenvalue weighted by atomic mass is 19.4. The van der Waals surface area contributed by atoms with Gasteiger partial charge in [-0.25, -0.2) is 9.67 Å². The highest BCUT2D eigenvalue weighted by Gasteiger charge is 2.38. The summed E-state index contributed by atoms with van der Waals surface area (Å²) in [5, 5.41) is 14.5. The molecule has 0 saturated heterocycles. The van der Waals surface area contributed by atoms with Crippen LogP contribution in [0, 0.1) is 0 Å². The number of aliphatic carboxylic acids is 1. The van der Waals surface area contributed by atoms with Crippen molar-refractivity contribution in [3.8, 4) is 0 Å². The van der Waals surface area contributed by atoms with Gasteiger partial charge in [0.05, 0.1) is 13.1 Å². The number of halogens is 3. The Morgan fingerprint density at radius 3 is 2.81 bits per heavy atom. The number of carbonyl (C=O) groups is 1. The average molecular weight is 236 g/mol. The van der Waals surface area contributed by atoms with Crippen LogP contribution < -0.4 is 5.32 Å². The minimum absolute atomic E-state index is 0.0416. The molecular weight excluding hydrogens is 229 g/mol. The van der Waals surface area contributed by atoms with Gasteiger partial charge in [0.25, 0.3) is 5.82 Å². The number of fused-ring (bicyclic) bond motifs is 1. The Morgan fingerprint density at radius 2 is 2.25 bits per heavy atom. The van der Waals surface area contributed by atoms with E-state index >= 15 is 0 Å². The molecule has 6 nitrogen and oxygen atoms in total. The fourth-order valence-corrected chi connectivity index (χ4v) is 1.39. The van der Waals surface area contributed by atoms with Crippen LogP contribution in [0.15, 0.2) is 0 Å². The lowest BCUT2D eigenvalue weighted by molar-refractivity contribution is -0.145. The fourth-order valence-electron chi connectivity index (χ4n) is 1.39. The van der Waals surface area contributed by atoms with E-state index in [0.717, 1.165) is 4.68 Å².